The minimum atomic E-state index is -0.775. The molecule has 18 heavy (non-hydrogen) atoms. The van der Waals surface area contributed by atoms with Crippen molar-refractivity contribution < 1.29 is 8.78 Å². The molecule has 2 aromatic carbocycles. The number of fused-ring (bicyclic) bond motifs is 1. The smallest absolute Gasteiger partial charge is 0.162 e. The maximum atomic E-state index is 13.9. The standard InChI is InChI=1S/C15H13F2N/c16-13-6-3-5-12(15(13)17)10-8-9-18-14-7-2-1-4-11(10)14/h1-7,10,18H,8-9H2. The van der Waals surface area contributed by atoms with Crippen LogP contribution in [0.15, 0.2) is 42.5 Å². The Morgan fingerprint density at radius 2 is 1.72 bits per heavy atom. The molecule has 3 rings (SSSR count). The van der Waals surface area contributed by atoms with Gasteiger partial charge in [-0.15, -0.1) is 0 Å². The minimum absolute atomic E-state index is 0.0712. The maximum absolute atomic E-state index is 13.9. The highest BCUT2D eigenvalue weighted by molar-refractivity contribution is 5.57. The number of nitrogens with one attached hydrogen (secondary N) is 1. The highest BCUT2D eigenvalue weighted by Crippen LogP contribution is 2.37. The Bertz CT molecular complexity index is 580. The normalized spacial score (nSPS) is 18.0. The predicted molar refractivity (Wildman–Crippen MR) is 67.7 cm³/mol. The third-order valence-electron chi connectivity index (χ3n) is 3.44. The molecule has 0 fully saturated rings. The zero-order valence-electron chi connectivity index (χ0n) is 9.79. The van der Waals surface area contributed by atoms with E-state index in [9.17, 15) is 8.78 Å². The van der Waals surface area contributed by atoms with Gasteiger partial charge in [-0.3, -0.25) is 0 Å². The van der Waals surface area contributed by atoms with E-state index in [1.807, 2.05) is 24.3 Å². The molecule has 2 aromatic rings. The highest BCUT2D eigenvalue weighted by atomic mass is 19.2. The van der Waals surface area contributed by atoms with Gasteiger partial charge in [-0.1, -0.05) is 30.3 Å². The molecule has 0 aliphatic carbocycles. The molecular formula is C15H13F2N. The van der Waals surface area contributed by atoms with Gasteiger partial charge in [0, 0.05) is 18.2 Å². The van der Waals surface area contributed by atoms with Gasteiger partial charge in [-0.25, -0.2) is 8.78 Å². The minimum Gasteiger partial charge on any atom is -0.385 e. The zero-order valence-corrected chi connectivity index (χ0v) is 9.79. The van der Waals surface area contributed by atoms with Crippen molar-refractivity contribution >= 4 is 5.69 Å². The number of hydrogen-bond donors (Lipinski definition) is 1. The fraction of sp³-hybridized carbons (Fsp3) is 0.200. The molecule has 1 aliphatic rings. The third kappa shape index (κ3) is 1.76. The summed E-state index contributed by atoms with van der Waals surface area (Å²) in [5.41, 5.74) is 2.50. The fourth-order valence-corrected chi connectivity index (χ4v) is 2.58. The lowest BCUT2D eigenvalue weighted by Gasteiger charge is -2.27. The molecule has 1 atom stereocenters. The van der Waals surface area contributed by atoms with Crippen molar-refractivity contribution in [3.8, 4) is 0 Å². The summed E-state index contributed by atoms with van der Waals surface area (Å²) in [6.45, 7) is 0.775. The molecule has 1 heterocycles. The van der Waals surface area contributed by atoms with E-state index in [1.54, 1.807) is 12.1 Å². The van der Waals surface area contributed by atoms with E-state index in [0.717, 1.165) is 30.3 Å². The largest absolute Gasteiger partial charge is 0.385 e. The van der Waals surface area contributed by atoms with Crippen molar-refractivity contribution in [3.63, 3.8) is 0 Å². The molecule has 0 saturated carbocycles. The van der Waals surface area contributed by atoms with Crippen LogP contribution in [0.5, 0.6) is 0 Å². The summed E-state index contributed by atoms with van der Waals surface area (Å²) in [6, 6.07) is 12.2. The monoisotopic (exact) mass is 245 g/mol. The first kappa shape index (κ1) is 11.2. The number of para-hydroxylation sites is 1. The first-order valence-electron chi connectivity index (χ1n) is 6.04. The Morgan fingerprint density at radius 3 is 2.61 bits per heavy atom. The molecule has 0 bridgehead atoms. The lowest BCUT2D eigenvalue weighted by Crippen LogP contribution is -2.18. The summed E-state index contributed by atoms with van der Waals surface area (Å²) in [4.78, 5) is 0. The lowest BCUT2D eigenvalue weighted by atomic mass is 9.85. The average molecular weight is 245 g/mol. The first-order chi connectivity index (χ1) is 8.77. The van der Waals surface area contributed by atoms with Gasteiger partial charge in [0.1, 0.15) is 0 Å². The van der Waals surface area contributed by atoms with Crippen molar-refractivity contribution in [1.82, 2.24) is 0 Å². The van der Waals surface area contributed by atoms with E-state index < -0.39 is 11.6 Å². The van der Waals surface area contributed by atoms with Gasteiger partial charge in [-0.2, -0.15) is 0 Å². The van der Waals surface area contributed by atoms with Crippen LogP contribution < -0.4 is 5.32 Å². The van der Waals surface area contributed by atoms with Gasteiger partial charge in [0.2, 0.25) is 0 Å². The fourth-order valence-electron chi connectivity index (χ4n) is 2.58. The van der Waals surface area contributed by atoms with Crippen molar-refractivity contribution in [2.24, 2.45) is 0 Å². The van der Waals surface area contributed by atoms with Crippen LogP contribution in [0.4, 0.5) is 14.5 Å². The third-order valence-corrected chi connectivity index (χ3v) is 3.44. The first-order valence-corrected chi connectivity index (χ1v) is 6.04. The van der Waals surface area contributed by atoms with Gasteiger partial charge in [0.25, 0.3) is 0 Å². The van der Waals surface area contributed by atoms with E-state index in [0.29, 0.717) is 5.56 Å². The molecule has 0 spiro atoms. The average Bonchev–Trinajstić information content (AvgIpc) is 2.41. The second-order valence-corrected chi connectivity index (χ2v) is 4.50. The molecule has 3 heteroatoms. The van der Waals surface area contributed by atoms with Gasteiger partial charge in [-0.05, 0) is 29.7 Å². The summed E-state index contributed by atoms with van der Waals surface area (Å²) in [5, 5.41) is 3.28. The Balaban J connectivity index is 2.11. The summed E-state index contributed by atoms with van der Waals surface area (Å²) >= 11 is 0. The molecule has 1 unspecified atom stereocenters. The van der Waals surface area contributed by atoms with E-state index >= 15 is 0 Å². The number of rotatable bonds is 1. The molecule has 0 amide bonds. The molecule has 1 nitrogen and oxygen atoms in total. The second kappa shape index (κ2) is 4.41. The topological polar surface area (TPSA) is 12.0 Å². The van der Waals surface area contributed by atoms with Crippen molar-refractivity contribution in [3.05, 3.63) is 65.2 Å². The molecule has 0 saturated heterocycles. The van der Waals surface area contributed by atoms with Gasteiger partial charge < -0.3 is 5.32 Å². The van der Waals surface area contributed by atoms with Crippen molar-refractivity contribution in [1.29, 1.82) is 0 Å². The molecule has 1 aliphatic heterocycles. The van der Waals surface area contributed by atoms with E-state index in [4.69, 9.17) is 0 Å². The summed E-state index contributed by atoms with van der Waals surface area (Å²) in [6.07, 6.45) is 0.775. The van der Waals surface area contributed by atoms with Crippen LogP contribution in [0.2, 0.25) is 0 Å². The summed E-state index contributed by atoms with van der Waals surface area (Å²) < 4.78 is 27.2. The number of hydrogen-bond acceptors (Lipinski definition) is 1. The SMILES string of the molecule is Fc1cccc(C2CCNc3ccccc32)c1F. The van der Waals surface area contributed by atoms with Crippen LogP contribution in [0.1, 0.15) is 23.5 Å². The van der Waals surface area contributed by atoms with Crippen molar-refractivity contribution in [2.75, 3.05) is 11.9 Å². The van der Waals surface area contributed by atoms with Crippen LogP contribution in [0.25, 0.3) is 0 Å². The van der Waals surface area contributed by atoms with E-state index in [1.165, 1.54) is 0 Å². The predicted octanol–water partition coefficient (Wildman–Crippen LogP) is 3.91. The van der Waals surface area contributed by atoms with Gasteiger partial charge in [0.15, 0.2) is 11.6 Å². The summed E-state index contributed by atoms with van der Waals surface area (Å²) in [5.74, 6) is -1.57. The van der Waals surface area contributed by atoms with Gasteiger partial charge in [0.05, 0.1) is 0 Å². The Kier molecular flexibility index (Phi) is 2.74. The van der Waals surface area contributed by atoms with Crippen LogP contribution in [-0.2, 0) is 0 Å². The van der Waals surface area contributed by atoms with E-state index in [2.05, 4.69) is 5.32 Å². The summed E-state index contributed by atoms with van der Waals surface area (Å²) in [7, 11) is 0. The zero-order chi connectivity index (χ0) is 12.5. The molecular weight excluding hydrogens is 232 g/mol. The number of benzene rings is 2. The van der Waals surface area contributed by atoms with Crippen LogP contribution in [-0.4, -0.2) is 6.54 Å². The van der Waals surface area contributed by atoms with E-state index in [-0.39, 0.29) is 5.92 Å². The quantitative estimate of drug-likeness (QED) is 0.803. The highest BCUT2D eigenvalue weighted by Gasteiger charge is 2.24. The van der Waals surface area contributed by atoms with Crippen LogP contribution >= 0.6 is 0 Å². The maximum Gasteiger partial charge on any atom is 0.162 e. The lowest BCUT2D eigenvalue weighted by molar-refractivity contribution is 0.490. The van der Waals surface area contributed by atoms with Crippen molar-refractivity contribution in [2.45, 2.75) is 12.3 Å². The molecule has 1 N–H and O–H groups in total. The molecule has 0 radical (unpaired) electrons. The second-order valence-electron chi connectivity index (χ2n) is 4.50. The Hall–Kier alpha value is -1.90. The number of anilines is 1. The Morgan fingerprint density at radius 1 is 0.944 bits per heavy atom. The molecule has 0 aromatic heterocycles. The Labute approximate surface area is 104 Å². The number of halogens is 2. The molecule has 92 valence electrons. The van der Waals surface area contributed by atoms with Crippen LogP contribution in [0.3, 0.4) is 0 Å². The van der Waals surface area contributed by atoms with Gasteiger partial charge >= 0.3 is 0 Å². The van der Waals surface area contributed by atoms with Crippen LogP contribution in [0, 0.1) is 11.6 Å².